The van der Waals surface area contributed by atoms with Crippen LogP contribution in [0.15, 0.2) is 72.1 Å². The zero-order valence-electron chi connectivity index (χ0n) is 18.4. The van der Waals surface area contributed by atoms with E-state index in [9.17, 15) is 18.0 Å². The van der Waals surface area contributed by atoms with Crippen LogP contribution in [0.3, 0.4) is 0 Å². The van der Waals surface area contributed by atoms with Crippen LogP contribution in [-0.2, 0) is 32.7 Å². The van der Waals surface area contributed by atoms with Crippen LogP contribution in [0.5, 0.6) is 0 Å². The summed E-state index contributed by atoms with van der Waals surface area (Å²) in [5.41, 5.74) is 1.65. The van der Waals surface area contributed by atoms with Crippen LogP contribution < -0.4 is 10.6 Å². The Morgan fingerprint density at radius 1 is 1.03 bits per heavy atom. The van der Waals surface area contributed by atoms with Crippen molar-refractivity contribution in [1.82, 2.24) is 14.9 Å². The highest BCUT2D eigenvalue weighted by molar-refractivity contribution is 7.89. The summed E-state index contributed by atoms with van der Waals surface area (Å²) in [6.07, 6.45) is 2.61. The quantitative estimate of drug-likeness (QED) is 0.576. The number of alkyl carbamates (subject to hydrolysis) is 1. The van der Waals surface area contributed by atoms with Crippen molar-refractivity contribution >= 4 is 22.0 Å². The molecule has 0 aliphatic carbocycles. The standard InChI is InChI=1S/C24H29N3O5S/c1-2-23(28)26-21-9-6-15-27(16-14-21)33(30,31)22-12-10-19(11-13-22)17-25-24(29)32-18-20-7-4-3-5-8-20/h2-5,7-8,10-13,21H,1,6,9,14-18H2,(H,25,29)(H,26,28). The third kappa shape index (κ3) is 7.16. The van der Waals surface area contributed by atoms with E-state index in [2.05, 4.69) is 17.2 Å². The molecule has 2 aromatic rings. The summed E-state index contributed by atoms with van der Waals surface area (Å²) < 4.78 is 32.7. The first-order valence-electron chi connectivity index (χ1n) is 10.8. The molecule has 1 saturated heterocycles. The number of hydrogen-bond acceptors (Lipinski definition) is 5. The Morgan fingerprint density at radius 2 is 1.76 bits per heavy atom. The van der Waals surface area contributed by atoms with Gasteiger partial charge in [-0.2, -0.15) is 4.31 Å². The molecule has 0 saturated carbocycles. The van der Waals surface area contributed by atoms with Gasteiger partial charge in [-0.15, -0.1) is 0 Å². The SMILES string of the molecule is C=CC(=O)NC1CCCN(S(=O)(=O)c2ccc(CNC(=O)OCc3ccccc3)cc2)CC1. The first-order chi connectivity index (χ1) is 15.9. The van der Waals surface area contributed by atoms with E-state index in [0.29, 0.717) is 25.9 Å². The molecule has 8 nitrogen and oxygen atoms in total. The Bertz CT molecular complexity index is 1060. The summed E-state index contributed by atoms with van der Waals surface area (Å²) in [6.45, 7) is 4.59. The fourth-order valence-corrected chi connectivity index (χ4v) is 5.08. The average molecular weight is 472 g/mol. The Balaban J connectivity index is 1.51. The molecule has 2 N–H and O–H groups in total. The van der Waals surface area contributed by atoms with E-state index < -0.39 is 16.1 Å². The largest absolute Gasteiger partial charge is 0.445 e. The fraction of sp³-hybridized carbons (Fsp3) is 0.333. The third-order valence-corrected chi connectivity index (χ3v) is 7.34. The van der Waals surface area contributed by atoms with E-state index in [-0.39, 0.29) is 30.0 Å². The number of hydrogen-bond donors (Lipinski definition) is 2. The summed E-state index contributed by atoms with van der Waals surface area (Å²) in [4.78, 5) is 23.6. The first kappa shape index (κ1) is 24.5. The van der Waals surface area contributed by atoms with Gasteiger partial charge in [0.25, 0.3) is 0 Å². The number of benzene rings is 2. The second-order valence-electron chi connectivity index (χ2n) is 7.80. The van der Waals surface area contributed by atoms with Gasteiger partial charge < -0.3 is 15.4 Å². The van der Waals surface area contributed by atoms with Gasteiger partial charge in [0.15, 0.2) is 0 Å². The molecule has 2 amide bonds. The summed E-state index contributed by atoms with van der Waals surface area (Å²) >= 11 is 0. The van der Waals surface area contributed by atoms with Crippen molar-refractivity contribution in [1.29, 1.82) is 0 Å². The van der Waals surface area contributed by atoms with Gasteiger partial charge in [0, 0.05) is 25.7 Å². The number of carbonyl (C=O) groups excluding carboxylic acids is 2. The van der Waals surface area contributed by atoms with Crippen LogP contribution >= 0.6 is 0 Å². The number of rotatable bonds is 8. The van der Waals surface area contributed by atoms with Crippen LogP contribution in [0.1, 0.15) is 30.4 Å². The Hall–Kier alpha value is -3.17. The third-order valence-electron chi connectivity index (χ3n) is 5.43. The molecule has 1 aliphatic rings. The summed E-state index contributed by atoms with van der Waals surface area (Å²) in [7, 11) is -3.64. The van der Waals surface area contributed by atoms with Gasteiger partial charge in [-0.25, -0.2) is 13.2 Å². The molecular formula is C24H29N3O5S. The molecule has 0 bridgehead atoms. The van der Waals surface area contributed by atoms with Crippen molar-refractivity contribution in [2.24, 2.45) is 0 Å². The van der Waals surface area contributed by atoms with E-state index in [1.54, 1.807) is 24.3 Å². The van der Waals surface area contributed by atoms with E-state index in [1.165, 1.54) is 10.4 Å². The van der Waals surface area contributed by atoms with E-state index in [0.717, 1.165) is 17.5 Å². The molecule has 0 radical (unpaired) electrons. The Labute approximate surface area is 194 Å². The van der Waals surface area contributed by atoms with Crippen LogP contribution in [0, 0.1) is 0 Å². The number of sulfonamides is 1. The number of nitrogens with one attached hydrogen (secondary N) is 2. The molecule has 9 heteroatoms. The topological polar surface area (TPSA) is 105 Å². The van der Waals surface area contributed by atoms with Crippen molar-refractivity contribution in [2.75, 3.05) is 13.1 Å². The number of nitrogens with zero attached hydrogens (tertiary/aromatic N) is 1. The maximum absolute atomic E-state index is 13.1. The molecule has 0 spiro atoms. The van der Waals surface area contributed by atoms with Gasteiger partial charge >= 0.3 is 6.09 Å². The van der Waals surface area contributed by atoms with E-state index in [4.69, 9.17) is 4.74 Å². The predicted molar refractivity (Wildman–Crippen MR) is 125 cm³/mol. The molecule has 1 fully saturated rings. The van der Waals surface area contributed by atoms with Crippen molar-refractivity contribution in [2.45, 2.75) is 43.4 Å². The highest BCUT2D eigenvalue weighted by atomic mass is 32.2. The normalized spacial score (nSPS) is 16.9. The van der Waals surface area contributed by atoms with Crippen molar-refractivity contribution in [3.05, 3.63) is 78.4 Å². The van der Waals surface area contributed by atoms with Crippen LogP contribution in [-0.4, -0.2) is 43.9 Å². The minimum absolute atomic E-state index is 0.0641. The lowest BCUT2D eigenvalue weighted by Gasteiger charge is -2.20. The average Bonchev–Trinajstić information content (AvgIpc) is 3.08. The molecular weight excluding hydrogens is 442 g/mol. The maximum atomic E-state index is 13.1. The zero-order chi connectivity index (χ0) is 23.7. The van der Waals surface area contributed by atoms with Crippen LogP contribution in [0.4, 0.5) is 4.79 Å². The Morgan fingerprint density at radius 3 is 2.45 bits per heavy atom. The maximum Gasteiger partial charge on any atom is 0.407 e. The van der Waals surface area contributed by atoms with Crippen LogP contribution in [0.2, 0.25) is 0 Å². The molecule has 2 aromatic carbocycles. The Kier molecular flexibility index (Phi) is 8.62. The number of amides is 2. The fourth-order valence-electron chi connectivity index (χ4n) is 3.59. The lowest BCUT2D eigenvalue weighted by atomic mass is 10.1. The minimum atomic E-state index is -3.64. The first-order valence-corrected chi connectivity index (χ1v) is 12.3. The van der Waals surface area contributed by atoms with Gasteiger partial charge in [-0.3, -0.25) is 4.79 Å². The van der Waals surface area contributed by atoms with Gasteiger partial charge in [-0.1, -0.05) is 49.0 Å². The van der Waals surface area contributed by atoms with Crippen molar-refractivity contribution in [3.63, 3.8) is 0 Å². The molecule has 1 atom stereocenters. The van der Waals surface area contributed by atoms with E-state index >= 15 is 0 Å². The summed E-state index contributed by atoms with van der Waals surface area (Å²) in [5, 5.41) is 5.51. The molecule has 3 rings (SSSR count). The summed E-state index contributed by atoms with van der Waals surface area (Å²) in [5.74, 6) is -0.246. The molecule has 1 unspecified atom stereocenters. The molecule has 33 heavy (non-hydrogen) atoms. The second kappa shape index (κ2) is 11.6. The lowest BCUT2D eigenvalue weighted by Crippen LogP contribution is -2.36. The highest BCUT2D eigenvalue weighted by Gasteiger charge is 2.27. The second-order valence-corrected chi connectivity index (χ2v) is 9.74. The zero-order valence-corrected chi connectivity index (χ0v) is 19.2. The van der Waals surface area contributed by atoms with Crippen molar-refractivity contribution in [3.8, 4) is 0 Å². The van der Waals surface area contributed by atoms with Gasteiger partial charge in [0.05, 0.1) is 4.90 Å². The number of ether oxygens (including phenoxy) is 1. The lowest BCUT2D eigenvalue weighted by molar-refractivity contribution is -0.117. The highest BCUT2D eigenvalue weighted by Crippen LogP contribution is 2.21. The molecule has 1 heterocycles. The van der Waals surface area contributed by atoms with Gasteiger partial charge in [0.2, 0.25) is 15.9 Å². The summed E-state index contributed by atoms with van der Waals surface area (Å²) in [6, 6.07) is 15.7. The van der Waals surface area contributed by atoms with Crippen LogP contribution in [0.25, 0.3) is 0 Å². The predicted octanol–water partition coefficient (Wildman–Crippen LogP) is 2.96. The minimum Gasteiger partial charge on any atom is -0.445 e. The number of carbonyl (C=O) groups is 2. The van der Waals surface area contributed by atoms with Crippen molar-refractivity contribution < 1.29 is 22.7 Å². The van der Waals surface area contributed by atoms with Gasteiger partial charge in [0.1, 0.15) is 6.61 Å². The molecule has 0 aromatic heterocycles. The molecule has 176 valence electrons. The molecule has 1 aliphatic heterocycles. The van der Waals surface area contributed by atoms with E-state index in [1.807, 2.05) is 30.3 Å². The monoisotopic (exact) mass is 471 g/mol. The van der Waals surface area contributed by atoms with Gasteiger partial charge in [-0.05, 0) is 48.6 Å². The smallest absolute Gasteiger partial charge is 0.407 e.